The number of carbonyl (C=O) groups excluding carboxylic acids is 1. The molecule has 8 heteroatoms. The second kappa shape index (κ2) is 8.77. The summed E-state index contributed by atoms with van der Waals surface area (Å²) in [5.74, 6) is 1.56. The third kappa shape index (κ3) is 4.94. The smallest absolute Gasteiger partial charge is 0.254 e. The Bertz CT molecular complexity index is 1190. The highest BCUT2D eigenvalue weighted by Gasteiger charge is 2.35. The second-order valence-corrected chi connectivity index (χ2v) is 10.2. The van der Waals surface area contributed by atoms with E-state index in [0.717, 1.165) is 5.56 Å². The van der Waals surface area contributed by atoms with Gasteiger partial charge in [0, 0.05) is 22.2 Å². The SMILES string of the molecule is COc1cccc(C(=O)N(Cc2ccc(-c3ccc(Cl)cc3)o2)C2CCS(=O)(=O)C2)c1. The number of ether oxygens (including phenoxy) is 1. The molecule has 3 aromatic rings. The number of carbonyl (C=O) groups is 1. The van der Waals surface area contributed by atoms with E-state index < -0.39 is 15.9 Å². The van der Waals surface area contributed by atoms with Gasteiger partial charge in [0.1, 0.15) is 17.3 Å². The van der Waals surface area contributed by atoms with Gasteiger partial charge in [-0.1, -0.05) is 17.7 Å². The number of halogens is 1. The zero-order valence-corrected chi connectivity index (χ0v) is 18.5. The van der Waals surface area contributed by atoms with Crippen LogP contribution in [0.15, 0.2) is 65.1 Å². The van der Waals surface area contributed by atoms with Gasteiger partial charge in [0.15, 0.2) is 9.84 Å². The molecule has 1 unspecified atom stereocenters. The average Bonchev–Trinajstić information content (AvgIpc) is 3.38. The summed E-state index contributed by atoms with van der Waals surface area (Å²) in [6, 6.07) is 17.3. The first kappa shape index (κ1) is 21.5. The quantitative estimate of drug-likeness (QED) is 0.544. The molecule has 2 heterocycles. The second-order valence-electron chi connectivity index (χ2n) is 7.49. The number of amides is 1. The van der Waals surface area contributed by atoms with Gasteiger partial charge in [-0.3, -0.25) is 4.79 Å². The van der Waals surface area contributed by atoms with Gasteiger partial charge < -0.3 is 14.1 Å². The topological polar surface area (TPSA) is 76.8 Å². The number of nitrogens with zero attached hydrogens (tertiary/aromatic N) is 1. The molecule has 0 bridgehead atoms. The Morgan fingerprint density at radius 2 is 1.94 bits per heavy atom. The monoisotopic (exact) mass is 459 g/mol. The number of furan rings is 1. The van der Waals surface area contributed by atoms with Crippen LogP contribution in [0.1, 0.15) is 22.5 Å². The highest BCUT2D eigenvalue weighted by atomic mass is 35.5. The van der Waals surface area contributed by atoms with E-state index >= 15 is 0 Å². The van der Waals surface area contributed by atoms with Crippen LogP contribution in [0.4, 0.5) is 0 Å². The zero-order chi connectivity index (χ0) is 22.0. The van der Waals surface area contributed by atoms with Crippen molar-refractivity contribution in [3.63, 3.8) is 0 Å². The van der Waals surface area contributed by atoms with Gasteiger partial charge in [-0.15, -0.1) is 0 Å². The normalized spacial score (nSPS) is 17.4. The van der Waals surface area contributed by atoms with Gasteiger partial charge in [-0.25, -0.2) is 8.42 Å². The first-order chi connectivity index (χ1) is 14.8. The van der Waals surface area contributed by atoms with E-state index in [2.05, 4.69) is 0 Å². The molecule has 2 aromatic carbocycles. The van der Waals surface area contributed by atoms with Crippen LogP contribution in [0.3, 0.4) is 0 Å². The number of sulfone groups is 1. The molecule has 0 spiro atoms. The number of rotatable bonds is 6. The molecule has 6 nitrogen and oxygen atoms in total. The van der Waals surface area contributed by atoms with Crippen LogP contribution in [0.2, 0.25) is 5.02 Å². The molecule has 31 heavy (non-hydrogen) atoms. The Labute approximate surface area is 186 Å². The molecule has 0 aliphatic carbocycles. The minimum Gasteiger partial charge on any atom is -0.497 e. The third-order valence-electron chi connectivity index (χ3n) is 5.34. The first-order valence-electron chi connectivity index (χ1n) is 9.85. The van der Waals surface area contributed by atoms with Gasteiger partial charge in [0.05, 0.1) is 25.2 Å². The maximum atomic E-state index is 13.3. The average molecular weight is 460 g/mol. The van der Waals surface area contributed by atoms with Crippen LogP contribution in [-0.4, -0.2) is 43.9 Å². The minimum absolute atomic E-state index is 0.0482. The molecule has 1 aliphatic heterocycles. The number of hydrogen-bond acceptors (Lipinski definition) is 5. The van der Waals surface area contributed by atoms with E-state index in [9.17, 15) is 13.2 Å². The van der Waals surface area contributed by atoms with Crippen LogP contribution >= 0.6 is 11.6 Å². The van der Waals surface area contributed by atoms with Gasteiger partial charge >= 0.3 is 0 Å². The molecule has 0 N–H and O–H groups in total. The summed E-state index contributed by atoms with van der Waals surface area (Å²) in [5.41, 5.74) is 1.30. The molecule has 0 saturated carbocycles. The van der Waals surface area contributed by atoms with Crippen LogP contribution < -0.4 is 4.74 Å². The maximum absolute atomic E-state index is 13.3. The van der Waals surface area contributed by atoms with E-state index in [1.165, 1.54) is 7.11 Å². The van der Waals surface area contributed by atoms with Gasteiger partial charge in [-0.05, 0) is 61.0 Å². The van der Waals surface area contributed by atoms with Crippen molar-refractivity contribution < 1.29 is 22.4 Å². The van der Waals surface area contributed by atoms with Crippen molar-refractivity contribution in [1.82, 2.24) is 4.90 Å². The summed E-state index contributed by atoms with van der Waals surface area (Å²) >= 11 is 5.95. The maximum Gasteiger partial charge on any atom is 0.254 e. The summed E-state index contributed by atoms with van der Waals surface area (Å²) < 4.78 is 35.4. The van der Waals surface area contributed by atoms with Crippen molar-refractivity contribution in [2.45, 2.75) is 19.0 Å². The van der Waals surface area contributed by atoms with Crippen molar-refractivity contribution in [1.29, 1.82) is 0 Å². The Kier molecular flexibility index (Phi) is 6.07. The van der Waals surface area contributed by atoms with E-state index in [4.69, 9.17) is 20.8 Å². The van der Waals surface area contributed by atoms with Crippen molar-refractivity contribution in [3.8, 4) is 17.1 Å². The Hall–Kier alpha value is -2.77. The predicted molar refractivity (Wildman–Crippen MR) is 119 cm³/mol. The molecule has 162 valence electrons. The summed E-state index contributed by atoms with van der Waals surface area (Å²) in [6.45, 7) is 0.170. The number of methoxy groups -OCH3 is 1. The van der Waals surface area contributed by atoms with Crippen LogP contribution in [-0.2, 0) is 16.4 Å². The van der Waals surface area contributed by atoms with E-state index in [1.54, 1.807) is 47.4 Å². The highest BCUT2D eigenvalue weighted by molar-refractivity contribution is 7.91. The molecular formula is C23H22ClNO5S. The largest absolute Gasteiger partial charge is 0.497 e. The molecule has 1 atom stereocenters. The Morgan fingerprint density at radius 1 is 1.16 bits per heavy atom. The Morgan fingerprint density at radius 3 is 2.61 bits per heavy atom. The fraction of sp³-hybridized carbons (Fsp3) is 0.261. The molecule has 1 fully saturated rings. The standard InChI is InChI=1S/C23H22ClNO5S/c1-29-20-4-2-3-17(13-20)23(26)25(19-11-12-31(27,28)15-19)14-21-9-10-22(30-21)16-5-7-18(24)8-6-16/h2-10,13,19H,11-12,14-15H2,1H3. The van der Waals surface area contributed by atoms with E-state index in [-0.39, 0.29) is 24.0 Å². The van der Waals surface area contributed by atoms with Gasteiger partial charge in [0.2, 0.25) is 0 Å². The lowest BCUT2D eigenvalue weighted by Gasteiger charge is -2.27. The zero-order valence-electron chi connectivity index (χ0n) is 17.0. The molecule has 1 saturated heterocycles. The lowest BCUT2D eigenvalue weighted by molar-refractivity contribution is 0.0666. The molecule has 1 aliphatic rings. The van der Waals surface area contributed by atoms with E-state index in [1.807, 2.05) is 18.2 Å². The van der Waals surface area contributed by atoms with Crippen LogP contribution in [0.5, 0.6) is 5.75 Å². The summed E-state index contributed by atoms with van der Waals surface area (Å²) in [5, 5.41) is 0.632. The van der Waals surface area contributed by atoms with Crippen molar-refractivity contribution in [2.24, 2.45) is 0 Å². The van der Waals surface area contributed by atoms with Crippen molar-refractivity contribution in [2.75, 3.05) is 18.6 Å². The fourth-order valence-corrected chi connectivity index (χ4v) is 5.57. The first-order valence-corrected chi connectivity index (χ1v) is 12.0. The van der Waals surface area contributed by atoms with Crippen molar-refractivity contribution in [3.05, 3.63) is 77.0 Å². The number of hydrogen-bond donors (Lipinski definition) is 0. The minimum atomic E-state index is -3.16. The van der Waals surface area contributed by atoms with Crippen LogP contribution in [0.25, 0.3) is 11.3 Å². The lowest BCUT2D eigenvalue weighted by Crippen LogP contribution is -2.40. The van der Waals surface area contributed by atoms with Gasteiger partial charge in [0.25, 0.3) is 5.91 Å². The molecule has 1 amide bonds. The summed E-state index contributed by atoms with van der Waals surface area (Å²) in [7, 11) is -1.63. The molecular weight excluding hydrogens is 438 g/mol. The van der Waals surface area contributed by atoms with Gasteiger partial charge in [-0.2, -0.15) is 0 Å². The highest BCUT2D eigenvalue weighted by Crippen LogP contribution is 2.27. The lowest BCUT2D eigenvalue weighted by atomic mass is 10.1. The Balaban J connectivity index is 1.62. The fourth-order valence-electron chi connectivity index (χ4n) is 3.71. The number of benzene rings is 2. The summed E-state index contributed by atoms with van der Waals surface area (Å²) in [6.07, 6.45) is 0.406. The third-order valence-corrected chi connectivity index (χ3v) is 7.35. The van der Waals surface area contributed by atoms with E-state index in [0.29, 0.717) is 34.3 Å². The molecule has 1 aromatic heterocycles. The molecule has 4 rings (SSSR count). The van der Waals surface area contributed by atoms with Crippen LogP contribution in [0, 0.1) is 0 Å². The predicted octanol–water partition coefficient (Wildman–Crippen LogP) is 4.44. The van der Waals surface area contributed by atoms with Crippen molar-refractivity contribution >= 4 is 27.3 Å². The summed E-state index contributed by atoms with van der Waals surface area (Å²) in [4.78, 5) is 14.9. The molecule has 0 radical (unpaired) electrons.